The Morgan fingerprint density at radius 3 is 2.88 bits per heavy atom. The van der Waals surface area contributed by atoms with Crippen LogP contribution in [-0.4, -0.2) is 41.1 Å². The Morgan fingerprint density at radius 2 is 2.29 bits per heavy atom. The Morgan fingerprint density at radius 1 is 1.53 bits per heavy atom. The van der Waals surface area contributed by atoms with Gasteiger partial charge in [-0.3, -0.25) is 0 Å². The molecule has 2 rings (SSSR count). The molecular formula is C12H20N4O. The summed E-state index contributed by atoms with van der Waals surface area (Å²) < 4.78 is 5.53. The maximum absolute atomic E-state index is 5.55. The van der Waals surface area contributed by atoms with Gasteiger partial charge in [-0.1, -0.05) is 0 Å². The molecule has 0 unspecified atom stereocenters. The number of hydrogen-bond acceptors (Lipinski definition) is 5. The van der Waals surface area contributed by atoms with Crippen molar-refractivity contribution >= 4 is 0 Å². The quantitative estimate of drug-likeness (QED) is 0.788. The number of aryl methyl sites for hydroxylation is 1. The van der Waals surface area contributed by atoms with Crippen LogP contribution in [0.2, 0.25) is 0 Å². The van der Waals surface area contributed by atoms with Crippen molar-refractivity contribution in [2.45, 2.75) is 32.4 Å². The third-order valence-corrected chi connectivity index (χ3v) is 3.12. The summed E-state index contributed by atoms with van der Waals surface area (Å²) in [6, 6.07) is 1.21. The van der Waals surface area contributed by atoms with Gasteiger partial charge in [-0.15, -0.1) is 0 Å². The zero-order chi connectivity index (χ0) is 12.3. The van der Waals surface area contributed by atoms with Crippen LogP contribution >= 0.6 is 0 Å². The van der Waals surface area contributed by atoms with Crippen molar-refractivity contribution in [1.82, 2.24) is 14.9 Å². The van der Waals surface area contributed by atoms with E-state index in [0.717, 1.165) is 23.8 Å². The second-order valence-electron chi connectivity index (χ2n) is 4.53. The number of nitrogens with zero attached hydrogens (tertiary/aromatic N) is 3. The lowest BCUT2D eigenvalue weighted by Crippen LogP contribution is -2.26. The molecule has 1 aliphatic carbocycles. The lowest BCUT2D eigenvalue weighted by Gasteiger charge is -2.15. The predicted molar refractivity (Wildman–Crippen MR) is 65.8 cm³/mol. The van der Waals surface area contributed by atoms with Crippen LogP contribution in [0, 0.1) is 6.92 Å². The van der Waals surface area contributed by atoms with Crippen LogP contribution in [-0.2, 0) is 6.54 Å². The Kier molecular flexibility index (Phi) is 3.91. The van der Waals surface area contributed by atoms with Gasteiger partial charge in [0.05, 0.1) is 0 Å². The smallest absolute Gasteiger partial charge is 0.316 e. The van der Waals surface area contributed by atoms with Crippen LogP contribution in [0.3, 0.4) is 0 Å². The van der Waals surface area contributed by atoms with Crippen molar-refractivity contribution in [3.63, 3.8) is 0 Å². The van der Waals surface area contributed by atoms with Crippen molar-refractivity contribution in [3.05, 3.63) is 17.5 Å². The van der Waals surface area contributed by atoms with Gasteiger partial charge in [-0.25, -0.2) is 9.97 Å². The van der Waals surface area contributed by atoms with Crippen molar-refractivity contribution in [2.75, 3.05) is 20.2 Å². The van der Waals surface area contributed by atoms with Crippen molar-refractivity contribution in [2.24, 2.45) is 5.73 Å². The highest BCUT2D eigenvalue weighted by Crippen LogP contribution is 2.24. The molecule has 0 atom stereocenters. The van der Waals surface area contributed by atoms with E-state index in [1.165, 1.54) is 12.8 Å². The van der Waals surface area contributed by atoms with Crippen LogP contribution in [0.15, 0.2) is 6.20 Å². The topological polar surface area (TPSA) is 64.3 Å². The predicted octanol–water partition coefficient (Wildman–Crippen LogP) is 0.717. The second kappa shape index (κ2) is 5.42. The van der Waals surface area contributed by atoms with E-state index >= 15 is 0 Å². The second-order valence-corrected chi connectivity index (χ2v) is 4.53. The molecule has 0 aliphatic heterocycles. The third kappa shape index (κ3) is 3.38. The summed E-state index contributed by atoms with van der Waals surface area (Å²) in [6.07, 6.45) is 4.37. The highest BCUT2D eigenvalue weighted by Gasteiger charge is 2.25. The molecule has 1 aromatic rings. The molecule has 5 nitrogen and oxygen atoms in total. The minimum Gasteiger partial charge on any atom is -0.462 e. The first kappa shape index (κ1) is 12.3. The summed E-state index contributed by atoms with van der Waals surface area (Å²) in [7, 11) is 2.13. The normalized spacial score (nSPS) is 15.3. The Hall–Kier alpha value is -1.20. The standard InChI is InChI=1S/C12H20N4O/c1-9-10(7-13)8-14-12(15-9)17-6-5-16(2)11-3-4-11/h8,11H,3-7,13H2,1-2H3. The molecule has 1 fully saturated rings. The average Bonchev–Trinajstić information content (AvgIpc) is 3.13. The van der Waals surface area contributed by atoms with E-state index in [2.05, 4.69) is 21.9 Å². The molecule has 5 heteroatoms. The summed E-state index contributed by atoms with van der Waals surface area (Å²) in [5, 5.41) is 0. The van der Waals surface area contributed by atoms with Gasteiger partial charge in [0.1, 0.15) is 6.61 Å². The van der Waals surface area contributed by atoms with Crippen LogP contribution in [0.25, 0.3) is 0 Å². The third-order valence-electron chi connectivity index (χ3n) is 3.12. The summed E-state index contributed by atoms with van der Waals surface area (Å²) in [6.45, 7) is 3.95. The molecule has 2 N–H and O–H groups in total. The van der Waals surface area contributed by atoms with Crippen LogP contribution in [0.1, 0.15) is 24.1 Å². The lowest BCUT2D eigenvalue weighted by atomic mass is 10.2. The number of aromatic nitrogens is 2. The van der Waals surface area contributed by atoms with Crippen molar-refractivity contribution in [3.8, 4) is 6.01 Å². The summed E-state index contributed by atoms with van der Waals surface area (Å²) in [5.41, 5.74) is 7.41. The minimum absolute atomic E-state index is 0.448. The van der Waals surface area contributed by atoms with Gasteiger partial charge in [0.25, 0.3) is 0 Å². The molecule has 0 radical (unpaired) electrons. The summed E-state index contributed by atoms with van der Waals surface area (Å²) in [4.78, 5) is 10.7. The first-order valence-corrected chi connectivity index (χ1v) is 6.06. The first-order chi connectivity index (χ1) is 8.20. The first-order valence-electron chi connectivity index (χ1n) is 6.06. The van der Waals surface area contributed by atoms with E-state index in [1.807, 2.05) is 6.92 Å². The van der Waals surface area contributed by atoms with Crippen LogP contribution in [0.5, 0.6) is 6.01 Å². The molecule has 0 spiro atoms. The molecule has 0 amide bonds. The van der Waals surface area contributed by atoms with Gasteiger partial charge in [0.15, 0.2) is 0 Å². The van der Waals surface area contributed by atoms with Gasteiger partial charge < -0.3 is 15.4 Å². The fourth-order valence-corrected chi connectivity index (χ4v) is 1.72. The Labute approximate surface area is 102 Å². The molecule has 1 aliphatic rings. The van der Waals surface area contributed by atoms with Gasteiger partial charge in [-0.2, -0.15) is 0 Å². The zero-order valence-electron chi connectivity index (χ0n) is 10.5. The van der Waals surface area contributed by atoms with E-state index in [9.17, 15) is 0 Å². The van der Waals surface area contributed by atoms with E-state index in [4.69, 9.17) is 10.5 Å². The highest BCUT2D eigenvalue weighted by atomic mass is 16.5. The molecule has 0 saturated heterocycles. The molecular weight excluding hydrogens is 216 g/mol. The van der Waals surface area contributed by atoms with Gasteiger partial charge in [0.2, 0.25) is 0 Å². The number of hydrogen-bond donors (Lipinski definition) is 1. The fraction of sp³-hybridized carbons (Fsp3) is 0.667. The Balaban J connectivity index is 1.80. The summed E-state index contributed by atoms with van der Waals surface area (Å²) >= 11 is 0. The fourth-order valence-electron chi connectivity index (χ4n) is 1.72. The SMILES string of the molecule is Cc1nc(OCCN(C)C2CC2)ncc1CN. The Bertz CT molecular complexity index is 379. The van der Waals surface area contributed by atoms with Crippen LogP contribution in [0.4, 0.5) is 0 Å². The molecule has 94 valence electrons. The number of nitrogens with two attached hydrogens (primary N) is 1. The summed E-state index contributed by atoms with van der Waals surface area (Å²) in [5.74, 6) is 0. The van der Waals surface area contributed by atoms with Crippen molar-refractivity contribution < 1.29 is 4.74 Å². The largest absolute Gasteiger partial charge is 0.462 e. The average molecular weight is 236 g/mol. The van der Waals surface area contributed by atoms with E-state index < -0.39 is 0 Å². The number of rotatable bonds is 6. The molecule has 1 heterocycles. The molecule has 0 bridgehead atoms. The number of ether oxygens (including phenoxy) is 1. The van der Waals surface area contributed by atoms with E-state index in [-0.39, 0.29) is 0 Å². The maximum Gasteiger partial charge on any atom is 0.316 e. The molecule has 1 saturated carbocycles. The molecule has 1 aromatic heterocycles. The monoisotopic (exact) mass is 236 g/mol. The molecule has 17 heavy (non-hydrogen) atoms. The van der Waals surface area contributed by atoms with E-state index in [0.29, 0.717) is 19.2 Å². The van der Waals surface area contributed by atoms with Gasteiger partial charge in [-0.05, 0) is 26.8 Å². The molecule has 0 aromatic carbocycles. The van der Waals surface area contributed by atoms with E-state index in [1.54, 1.807) is 6.20 Å². The van der Waals surface area contributed by atoms with Crippen LogP contribution < -0.4 is 10.5 Å². The van der Waals surface area contributed by atoms with Crippen molar-refractivity contribution in [1.29, 1.82) is 0 Å². The zero-order valence-corrected chi connectivity index (χ0v) is 10.5. The number of likely N-dealkylation sites (N-methyl/N-ethyl adjacent to an activating group) is 1. The van der Waals surface area contributed by atoms with Gasteiger partial charge >= 0.3 is 6.01 Å². The highest BCUT2D eigenvalue weighted by molar-refractivity contribution is 5.17. The minimum atomic E-state index is 0.448. The lowest BCUT2D eigenvalue weighted by molar-refractivity contribution is 0.220. The van der Waals surface area contributed by atoms with Gasteiger partial charge in [0, 0.05) is 36.6 Å². The maximum atomic E-state index is 5.55.